The van der Waals surface area contributed by atoms with Gasteiger partial charge in [-0.05, 0) is 30.2 Å². The predicted octanol–water partition coefficient (Wildman–Crippen LogP) is 1.24. The number of amides is 2. The second-order valence-electron chi connectivity index (χ2n) is 4.23. The second kappa shape index (κ2) is 3.87. The Balaban J connectivity index is 2.02. The molecule has 0 aromatic heterocycles. The molecule has 92 valence electrons. The lowest BCUT2D eigenvalue weighted by Crippen LogP contribution is -2.19. The van der Waals surface area contributed by atoms with Crippen LogP contribution in [-0.2, 0) is 9.59 Å². The van der Waals surface area contributed by atoms with Crippen LogP contribution in [0.3, 0.4) is 0 Å². The molecule has 2 aliphatic rings. The zero-order valence-corrected chi connectivity index (χ0v) is 9.78. The van der Waals surface area contributed by atoms with E-state index in [2.05, 4.69) is 5.32 Å². The predicted molar refractivity (Wildman–Crippen MR) is 62.9 cm³/mol. The Morgan fingerprint density at radius 3 is 2.72 bits per heavy atom. The molecule has 2 aliphatic heterocycles. The number of carbonyl (C=O) groups excluding carboxylic acids is 2. The van der Waals surface area contributed by atoms with Crippen molar-refractivity contribution in [2.24, 2.45) is 0 Å². The molecule has 0 radical (unpaired) electrons. The van der Waals surface area contributed by atoms with Crippen LogP contribution >= 0.6 is 0 Å². The normalized spacial score (nSPS) is 20.1. The number of allylic oxidation sites excluding steroid dienone is 1. The zero-order chi connectivity index (χ0) is 12.7. The van der Waals surface area contributed by atoms with Crippen molar-refractivity contribution >= 4 is 17.4 Å². The summed E-state index contributed by atoms with van der Waals surface area (Å²) in [6, 6.07) is 5.48. The van der Waals surface area contributed by atoms with E-state index in [0.29, 0.717) is 17.1 Å². The van der Waals surface area contributed by atoms with Gasteiger partial charge in [-0.3, -0.25) is 14.9 Å². The third kappa shape index (κ3) is 1.64. The molecular weight excluding hydrogens is 234 g/mol. The van der Waals surface area contributed by atoms with Crippen molar-refractivity contribution in [1.82, 2.24) is 5.32 Å². The molecule has 2 amide bonds. The highest BCUT2D eigenvalue weighted by atomic mass is 16.7. The summed E-state index contributed by atoms with van der Waals surface area (Å²) in [6.07, 6.45) is 0.138. The van der Waals surface area contributed by atoms with E-state index in [1.165, 1.54) is 0 Å². The number of rotatable bonds is 1. The van der Waals surface area contributed by atoms with Crippen LogP contribution in [0.4, 0.5) is 0 Å². The number of carbonyl (C=O) groups is 2. The van der Waals surface area contributed by atoms with Crippen LogP contribution in [0.1, 0.15) is 18.9 Å². The van der Waals surface area contributed by atoms with Crippen LogP contribution in [0, 0.1) is 0 Å². The molecule has 1 saturated heterocycles. The van der Waals surface area contributed by atoms with E-state index >= 15 is 0 Å². The van der Waals surface area contributed by atoms with E-state index in [-0.39, 0.29) is 25.0 Å². The summed E-state index contributed by atoms with van der Waals surface area (Å²) in [5, 5.41) is 2.28. The van der Waals surface area contributed by atoms with E-state index in [4.69, 9.17) is 9.47 Å². The Morgan fingerprint density at radius 1 is 1.22 bits per heavy atom. The van der Waals surface area contributed by atoms with Gasteiger partial charge in [0, 0.05) is 5.57 Å². The fraction of sp³-hybridized carbons (Fsp3) is 0.231. The number of nitrogens with one attached hydrogen (secondary N) is 1. The quantitative estimate of drug-likeness (QED) is 0.597. The molecule has 0 aliphatic carbocycles. The largest absolute Gasteiger partial charge is 0.454 e. The smallest absolute Gasteiger partial charge is 0.254 e. The number of hydrogen-bond donors (Lipinski definition) is 1. The number of benzene rings is 1. The highest BCUT2D eigenvalue weighted by Crippen LogP contribution is 2.35. The summed E-state index contributed by atoms with van der Waals surface area (Å²) in [7, 11) is 0. The van der Waals surface area contributed by atoms with Crippen LogP contribution in [0.5, 0.6) is 11.5 Å². The fourth-order valence-electron chi connectivity index (χ4n) is 2.09. The van der Waals surface area contributed by atoms with Crippen molar-refractivity contribution in [3.05, 3.63) is 29.3 Å². The molecule has 1 aromatic carbocycles. The Kier molecular flexibility index (Phi) is 2.33. The monoisotopic (exact) mass is 245 g/mol. The van der Waals surface area contributed by atoms with E-state index in [0.717, 1.165) is 11.1 Å². The average molecular weight is 245 g/mol. The minimum absolute atomic E-state index is 0.138. The number of fused-ring (bicyclic) bond motifs is 1. The van der Waals surface area contributed by atoms with E-state index in [9.17, 15) is 9.59 Å². The van der Waals surface area contributed by atoms with Gasteiger partial charge in [0.05, 0.1) is 6.42 Å². The van der Waals surface area contributed by atoms with E-state index in [1.54, 1.807) is 6.07 Å². The first-order chi connectivity index (χ1) is 8.65. The molecule has 1 fully saturated rings. The standard InChI is InChI=1S/C13H11NO4/c1-7(9-5-12(15)14-13(9)16)8-2-3-10-11(4-8)18-6-17-10/h2-4H,5-6H2,1H3,(H,14,15,16). The topological polar surface area (TPSA) is 64.6 Å². The molecule has 0 bridgehead atoms. The van der Waals surface area contributed by atoms with Gasteiger partial charge >= 0.3 is 0 Å². The lowest BCUT2D eigenvalue weighted by atomic mass is 10.00. The molecule has 1 aromatic rings. The first kappa shape index (κ1) is 10.8. The molecule has 18 heavy (non-hydrogen) atoms. The van der Waals surface area contributed by atoms with E-state index in [1.807, 2.05) is 19.1 Å². The van der Waals surface area contributed by atoms with Crippen molar-refractivity contribution in [3.63, 3.8) is 0 Å². The Hall–Kier alpha value is -2.30. The van der Waals surface area contributed by atoms with Crippen molar-refractivity contribution in [2.75, 3.05) is 6.79 Å². The molecule has 0 unspecified atom stereocenters. The lowest BCUT2D eigenvalue weighted by Gasteiger charge is -2.05. The minimum Gasteiger partial charge on any atom is -0.454 e. The van der Waals surface area contributed by atoms with Crippen LogP contribution in [0.15, 0.2) is 23.8 Å². The van der Waals surface area contributed by atoms with Crippen LogP contribution in [0.25, 0.3) is 5.57 Å². The molecule has 2 heterocycles. The molecule has 0 atom stereocenters. The molecular formula is C13H11NO4. The molecule has 3 rings (SSSR count). The maximum Gasteiger partial charge on any atom is 0.254 e. The summed E-state index contributed by atoms with van der Waals surface area (Å²) in [5.74, 6) is 0.797. The van der Waals surface area contributed by atoms with Crippen LogP contribution < -0.4 is 14.8 Å². The Labute approximate surface area is 103 Å². The average Bonchev–Trinajstić information content (AvgIpc) is 2.93. The van der Waals surface area contributed by atoms with Gasteiger partial charge in [-0.15, -0.1) is 0 Å². The molecule has 5 nitrogen and oxygen atoms in total. The van der Waals surface area contributed by atoms with Gasteiger partial charge in [-0.25, -0.2) is 0 Å². The summed E-state index contributed by atoms with van der Waals surface area (Å²) < 4.78 is 10.5. The fourth-order valence-corrected chi connectivity index (χ4v) is 2.09. The molecule has 5 heteroatoms. The van der Waals surface area contributed by atoms with E-state index < -0.39 is 0 Å². The maximum absolute atomic E-state index is 11.6. The maximum atomic E-state index is 11.6. The minimum atomic E-state index is -0.310. The Bertz CT molecular complexity index is 589. The van der Waals surface area contributed by atoms with Crippen LogP contribution in [-0.4, -0.2) is 18.6 Å². The second-order valence-corrected chi connectivity index (χ2v) is 4.23. The first-order valence-electron chi connectivity index (χ1n) is 5.59. The SMILES string of the molecule is CC(=C1CC(=O)NC1=O)c1ccc2c(c1)OCO2. The van der Waals surface area contributed by atoms with Gasteiger partial charge in [0.1, 0.15) is 0 Å². The van der Waals surface area contributed by atoms with Crippen molar-refractivity contribution < 1.29 is 19.1 Å². The highest BCUT2D eigenvalue weighted by Gasteiger charge is 2.26. The molecule has 0 spiro atoms. The molecule has 0 saturated carbocycles. The third-order valence-electron chi connectivity index (χ3n) is 3.12. The number of ether oxygens (including phenoxy) is 2. The van der Waals surface area contributed by atoms with Gasteiger partial charge in [-0.2, -0.15) is 0 Å². The van der Waals surface area contributed by atoms with Gasteiger partial charge < -0.3 is 9.47 Å². The first-order valence-corrected chi connectivity index (χ1v) is 5.59. The van der Waals surface area contributed by atoms with Crippen molar-refractivity contribution in [2.45, 2.75) is 13.3 Å². The molecule has 1 N–H and O–H groups in total. The number of imide groups is 1. The number of hydrogen-bond acceptors (Lipinski definition) is 4. The Morgan fingerprint density at radius 2 is 2.00 bits per heavy atom. The summed E-state index contributed by atoms with van der Waals surface area (Å²) >= 11 is 0. The zero-order valence-electron chi connectivity index (χ0n) is 9.78. The summed E-state index contributed by atoms with van der Waals surface area (Å²) in [5.41, 5.74) is 2.16. The third-order valence-corrected chi connectivity index (χ3v) is 3.12. The summed E-state index contributed by atoms with van der Waals surface area (Å²) in [6.45, 7) is 2.04. The lowest BCUT2D eigenvalue weighted by molar-refractivity contribution is -0.124. The van der Waals surface area contributed by atoms with Gasteiger partial charge in [0.2, 0.25) is 12.7 Å². The van der Waals surface area contributed by atoms with Crippen molar-refractivity contribution in [3.8, 4) is 11.5 Å². The van der Waals surface area contributed by atoms with Crippen molar-refractivity contribution in [1.29, 1.82) is 0 Å². The van der Waals surface area contributed by atoms with Gasteiger partial charge in [-0.1, -0.05) is 6.07 Å². The van der Waals surface area contributed by atoms with Gasteiger partial charge in [0.15, 0.2) is 11.5 Å². The van der Waals surface area contributed by atoms with Crippen LogP contribution in [0.2, 0.25) is 0 Å². The highest BCUT2D eigenvalue weighted by molar-refractivity contribution is 6.17. The summed E-state index contributed by atoms with van der Waals surface area (Å²) in [4.78, 5) is 22.8. The van der Waals surface area contributed by atoms with Gasteiger partial charge in [0.25, 0.3) is 5.91 Å².